The SMILES string of the molecule is Cc1ccc(-c2nc3c(Cl)cccc3[nH]2)c(Cl)c1. The van der Waals surface area contributed by atoms with Crippen molar-refractivity contribution in [3.05, 3.63) is 52.0 Å². The Balaban J connectivity index is 2.23. The zero-order valence-electron chi connectivity index (χ0n) is 9.67. The molecule has 1 aromatic heterocycles. The Morgan fingerprint density at radius 3 is 2.61 bits per heavy atom. The van der Waals surface area contributed by atoms with E-state index < -0.39 is 0 Å². The van der Waals surface area contributed by atoms with Crippen LogP contribution in [0.5, 0.6) is 0 Å². The fraction of sp³-hybridized carbons (Fsp3) is 0.0714. The summed E-state index contributed by atoms with van der Waals surface area (Å²) >= 11 is 12.3. The van der Waals surface area contributed by atoms with E-state index >= 15 is 0 Å². The number of fused-ring (bicyclic) bond motifs is 1. The minimum atomic E-state index is 0.637. The van der Waals surface area contributed by atoms with Crippen LogP contribution >= 0.6 is 23.2 Å². The van der Waals surface area contributed by atoms with Crippen molar-refractivity contribution in [2.45, 2.75) is 6.92 Å². The molecule has 0 bridgehead atoms. The minimum absolute atomic E-state index is 0.637. The normalized spacial score (nSPS) is 11.1. The molecule has 3 aromatic rings. The van der Waals surface area contributed by atoms with Gasteiger partial charge in [-0.1, -0.05) is 35.3 Å². The largest absolute Gasteiger partial charge is 0.338 e. The zero-order chi connectivity index (χ0) is 12.7. The standard InChI is InChI=1S/C14H10Cl2N2/c1-8-5-6-9(11(16)7-8)14-17-12-4-2-3-10(15)13(12)18-14/h2-7H,1H3,(H,17,18). The van der Waals surface area contributed by atoms with Gasteiger partial charge in [0.25, 0.3) is 0 Å². The van der Waals surface area contributed by atoms with E-state index in [2.05, 4.69) is 9.97 Å². The summed E-state index contributed by atoms with van der Waals surface area (Å²) in [6.07, 6.45) is 0. The molecule has 18 heavy (non-hydrogen) atoms. The third kappa shape index (κ3) is 1.88. The lowest BCUT2D eigenvalue weighted by atomic mass is 10.1. The highest BCUT2D eigenvalue weighted by atomic mass is 35.5. The molecule has 0 amide bonds. The number of aromatic nitrogens is 2. The summed E-state index contributed by atoms with van der Waals surface area (Å²) in [5.41, 5.74) is 3.69. The Morgan fingerprint density at radius 2 is 1.89 bits per heavy atom. The minimum Gasteiger partial charge on any atom is -0.338 e. The average molecular weight is 277 g/mol. The van der Waals surface area contributed by atoms with E-state index in [1.165, 1.54) is 0 Å². The van der Waals surface area contributed by atoms with Gasteiger partial charge in [0.05, 0.1) is 15.6 Å². The first kappa shape index (κ1) is 11.6. The van der Waals surface area contributed by atoms with Crippen LogP contribution in [-0.2, 0) is 0 Å². The van der Waals surface area contributed by atoms with E-state index in [4.69, 9.17) is 23.2 Å². The molecule has 1 heterocycles. The van der Waals surface area contributed by atoms with Crippen molar-refractivity contribution in [1.29, 1.82) is 0 Å². The maximum Gasteiger partial charge on any atom is 0.140 e. The van der Waals surface area contributed by atoms with Crippen molar-refractivity contribution in [1.82, 2.24) is 9.97 Å². The van der Waals surface area contributed by atoms with Gasteiger partial charge in [0.15, 0.2) is 0 Å². The number of para-hydroxylation sites is 1. The molecule has 0 spiro atoms. The highest BCUT2D eigenvalue weighted by Gasteiger charge is 2.10. The van der Waals surface area contributed by atoms with Crippen LogP contribution in [0.25, 0.3) is 22.4 Å². The molecule has 4 heteroatoms. The van der Waals surface area contributed by atoms with Crippen LogP contribution < -0.4 is 0 Å². The fourth-order valence-corrected chi connectivity index (χ4v) is 2.48. The number of aryl methyl sites for hydroxylation is 1. The molecule has 2 nitrogen and oxygen atoms in total. The van der Waals surface area contributed by atoms with Gasteiger partial charge in [-0.25, -0.2) is 4.98 Å². The van der Waals surface area contributed by atoms with Crippen LogP contribution in [-0.4, -0.2) is 9.97 Å². The van der Waals surface area contributed by atoms with Crippen LogP contribution in [0.1, 0.15) is 5.56 Å². The summed E-state index contributed by atoms with van der Waals surface area (Å²) in [5.74, 6) is 0.739. The summed E-state index contributed by atoms with van der Waals surface area (Å²) in [5, 5.41) is 1.32. The van der Waals surface area contributed by atoms with E-state index in [1.807, 2.05) is 43.3 Å². The predicted molar refractivity (Wildman–Crippen MR) is 76.3 cm³/mol. The Bertz CT molecular complexity index is 732. The van der Waals surface area contributed by atoms with Gasteiger partial charge >= 0.3 is 0 Å². The highest BCUT2D eigenvalue weighted by Crippen LogP contribution is 2.30. The molecular formula is C14H10Cl2N2. The first-order valence-electron chi connectivity index (χ1n) is 5.56. The van der Waals surface area contributed by atoms with Gasteiger partial charge in [-0.2, -0.15) is 0 Å². The van der Waals surface area contributed by atoms with Crippen LogP contribution in [0.3, 0.4) is 0 Å². The lowest BCUT2D eigenvalue weighted by molar-refractivity contribution is 1.33. The Hall–Kier alpha value is -1.51. The molecule has 0 aliphatic rings. The van der Waals surface area contributed by atoms with Gasteiger partial charge in [-0.05, 0) is 36.8 Å². The van der Waals surface area contributed by atoms with Gasteiger partial charge in [0, 0.05) is 5.56 Å². The van der Waals surface area contributed by atoms with Gasteiger partial charge < -0.3 is 4.98 Å². The van der Waals surface area contributed by atoms with E-state index in [-0.39, 0.29) is 0 Å². The number of aromatic amines is 1. The number of hydrogen-bond donors (Lipinski definition) is 1. The summed E-state index contributed by atoms with van der Waals surface area (Å²) in [7, 11) is 0. The number of H-pyrrole nitrogens is 1. The van der Waals surface area contributed by atoms with Crippen LogP contribution in [0.15, 0.2) is 36.4 Å². The number of nitrogens with zero attached hydrogens (tertiary/aromatic N) is 1. The van der Waals surface area contributed by atoms with Crippen molar-refractivity contribution in [3.8, 4) is 11.4 Å². The molecule has 0 aliphatic carbocycles. The maximum atomic E-state index is 6.24. The van der Waals surface area contributed by atoms with Gasteiger partial charge in [0.2, 0.25) is 0 Å². The van der Waals surface area contributed by atoms with Gasteiger partial charge in [-0.15, -0.1) is 0 Å². The summed E-state index contributed by atoms with van der Waals surface area (Å²) in [6, 6.07) is 11.6. The molecule has 2 aromatic carbocycles. The second-order valence-electron chi connectivity index (χ2n) is 4.20. The van der Waals surface area contributed by atoms with Gasteiger partial charge in [0.1, 0.15) is 11.3 Å². The Morgan fingerprint density at radius 1 is 1.06 bits per heavy atom. The second kappa shape index (κ2) is 4.30. The molecule has 0 unspecified atom stereocenters. The predicted octanol–water partition coefficient (Wildman–Crippen LogP) is 4.85. The lowest BCUT2D eigenvalue weighted by Gasteiger charge is -2.01. The van der Waals surface area contributed by atoms with Crippen molar-refractivity contribution in [3.63, 3.8) is 0 Å². The number of benzene rings is 2. The van der Waals surface area contributed by atoms with Gasteiger partial charge in [-0.3, -0.25) is 0 Å². The molecule has 0 atom stereocenters. The number of halogens is 2. The molecular weight excluding hydrogens is 267 g/mol. The molecule has 0 fully saturated rings. The molecule has 0 saturated carbocycles. The topological polar surface area (TPSA) is 28.7 Å². The summed E-state index contributed by atoms with van der Waals surface area (Å²) in [6.45, 7) is 2.01. The summed E-state index contributed by atoms with van der Waals surface area (Å²) < 4.78 is 0. The third-order valence-electron chi connectivity index (χ3n) is 2.84. The van der Waals surface area contributed by atoms with Crippen LogP contribution in [0.2, 0.25) is 10.0 Å². The van der Waals surface area contributed by atoms with Crippen molar-refractivity contribution in [2.75, 3.05) is 0 Å². The van der Waals surface area contributed by atoms with Crippen molar-refractivity contribution < 1.29 is 0 Å². The first-order valence-corrected chi connectivity index (χ1v) is 6.31. The summed E-state index contributed by atoms with van der Waals surface area (Å²) in [4.78, 5) is 7.73. The molecule has 90 valence electrons. The molecule has 0 radical (unpaired) electrons. The number of rotatable bonds is 1. The highest BCUT2D eigenvalue weighted by molar-refractivity contribution is 6.35. The molecule has 3 rings (SSSR count). The number of imidazole rings is 1. The maximum absolute atomic E-state index is 6.24. The van der Waals surface area contributed by atoms with E-state index in [1.54, 1.807) is 0 Å². The van der Waals surface area contributed by atoms with Crippen molar-refractivity contribution >= 4 is 34.2 Å². The molecule has 1 N–H and O–H groups in total. The smallest absolute Gasteiger partial charge is 0.140 e. The molecule has 0 aliphatic heterocycles. The second-order valence-corrected chi connectivity index (χ2v) is 5.02. The number of hydrogen-bond acceptors (Lipinski definition) is 1. The van der Waals surface area contributed by atoms with E-state index in [9.17, 15) is 0 Å². The average Bonchev–Trinajstić information content (AvgIpc) is 2.74. The third-order valence-corrected chi connectivity index (χ3v) is 3.46. The van der Waals surface area contributed by atoms with Crippen LogP contribution in [0, 0.1) is 6.92 Å². The Kier molecular flexibility index (Phi) is 2.77. The zero-order valence-corrected chi connectivity index (χ0v) is 11.2. The number of nitrogens with one attached hydrogen (secondary N) is 1. The quantitative estimate of drug-likeness (QED) is 0.677. The van der Waals surface area contributed by atoms with Crippen LogP contribution in [0.4, 0.5) is 0 Å². The monoisotopic (exact) mass is 276 g/mol. The van der Waals surface area contributed by atoms with E-state index in [0.717, 1.165) is 28.0 Å². The van der Waals surface area contributed by atoms with Crippen molar-refractivity contribution in [2.24, 2.45) is 0 Å². The van der Waals surface area contributed by atoms with E-state index in [0.29, 0.717) is 10.0 Å². The fourth-order valence-electron chi connectivity index (χ4n) is 1.94. The molecule has 0 saturated heterocycles. The first-order chi connectivity index (χ1) is 8.65. The Labute approximate surface area is 115 Å². The lowest BCUT2D eigenvalue weighted by Crippen LogP contribution is -1.83.